The molecule has 2 aliphatic carbocycles. The van der Waals surface area contributed by atoms with Gasteiger partial charge in [0.05, 0.1) is 0 Å². The van der Waals surface area contributed by atoms with Crippen molar-refractivity contribution in [2.45, 2.75) is 57.0 Å². The van der Waals surface area contributed by atoms with Crippen molar-refractivity contribution in [3.63, 3.8) is 0 Å². The van der Waals surface area contributed by atoms with E-state index in [1.54, 1.807) is 7.05 Å². The van der Waals surface area contributed by atoms with E-state index >= 15 is 0 Å². The number of nitrogens with zero attached hydrogens (tertiary/aromatic N) is 1. The second-order valence-electron chi connectivity index (χ2n) is 7.00. The molecule has 5 nitrogen and oxygen atoms in total. The number of nitrogens with two attached hydrogens (primary N) is 1. The van der Waals surface area contributed by atoms with Crippen LogP contribution in [0.3, 0.4) is 0 Å². The highest BCUT2D eigenvalue weighted by Crippen LogP contribution is 2.42. The average molecular weight is 330 g/mol. The smallest absolute Gasteiger partial charge is 0.242 e. The van der Waals surface area contributed by atoms with Crippen LogP contribution in [0.4, 0.5) is 0 Å². The number of amides is 2. The lowest BCUT2D eigenvalue weighted by Crippen LogP contribution is -2.52. The van der Waals surface area contributed by atoms with Gasteiger partial charge in [-0.05, 0) is 50.4 Å². The first-order valence-electron chi connectivity index (χ1n) is 8.39. The summed E-state index contributed by atoms with van der Waals surface area (Å²) in [5.41, 5.74) is 6.31. The van der Waals surface area contributed by atoms with Gasteiger partial charge in [0.15, 0.2) is 0 Å². The molecule has 0 aromatic rings. The minimum atomic E-state index is -0.252. The maximum Gasteiger partial charge on any atom is 0.242 e. The molecule has 3 fully saturated rings. The number of rotatable bonds is 2. The number of likely N-dealkylation sites (tertiary alicyclic amines) is 1. The zero-order chi connectivity index (χ0) is 15.0. The van der Waals surface area contributed by atoms with Gasteiger partial charge in [0.1, 0.15) is 6.04 Å². The molecular formula is C16H28ClN3O2. The Kier molecular flexibility index (Phi) is 5.72. The molecule has 0 aromatic heterocycles. The Hall–Kier alpha value is -0.810. The fourth-order valence-corrected chi connectivity index (χ4v) is 4.69. The highest BCUT2D eigenvalue weighted by atomic mass is 35.5. The molecule has 1 saturated heterocycles. The first kappa shape index (κ1) is 17.5. The van der Waals surface area contributed by atoms with Crippen molar-refractivity contribution in [2.24, 2.45) is 23.5 Å². The van der Waals surface area contributed by atoms with Crippen LogP contribution in [-0.2, 0) is 9.59 Å². The molecule has 3 atom stereocenters. The monoisotopic (exact) mass is 329 g/mol. The van der Waals surface area contributed by atoms with E-state index in [1.165, 1.54) is 19.3 Å². The second-order valence-corrected chi connectivity index (χ2v) is 7.00. The molecule has 1 heterocycles. The predicted molar refractivity (Wildman–Crippen MR) is 87.6 cm³/mol. The molecular weight excluding hydrogens is 302 g/mol. The zero-order valence-electron chi connectivity index (χ0n) is 13.3. The summed E-state index contributed by atoms with van der Waals surface area (Å²) in [5, 5.41) is 2.69. The van der Waals surface area contributed by atoms with Crippen molar-refractivity contribution in [1.82, 2.24) is 10.2 Å². The Bertz CT molecular complexity index is 418. The topological polar surface area (TPSA) is 75.4 Å². The molecule has 3 rings (SSSR count). The molecule has 22 heavy (non-hydrogen) atoms. The standard InChI is InChI=1S/C16H27N3O2.ClH/c1-18-15(20)13-6-3-7-19(13)16(21)12-8-10-4-2-5-11(9-12)14(10)17;/h10-14H,2-9,17H2,1H3,(H,18,20);1H. The van der Waals surface area contributed by atoms with Crippen LogP contribution in [0.15, 0.2) is 0 Å². The minimum absolute atomic E-state index is 0. The summed E-state index contributed by atoms with van der Waals surface area (Å²) in [5.74, 6) is 1.28. The van der Waals surface area contributed by atoms with E-state index in [0.717, 1.165) is 32.2 Å². The van der Waals surface area contributed by atoms with Crippen LogP contribution in [0.25, 0.3) is 0 Å². The van der Waals surface area contributed by atoms with E-state index in [-0.39, 0.29) is 42.2 Å². The molecule has 2 saturated carbocycles. The van der Waals surface area contributed by atoms with Gasteiger partial charge in [-0.1, -0.05) is 6.42 Å². The zero-order valence-corrected chi connectivity index (χ0v) is 14.1. The number of halogens is 1. The summed E-state index contributed by atoms with van der Waals surface area (Å²) >= 11 is 0. The van der Waals surface area contributed by atoms with Crippen molar-refractivity contribution in [1.29, 1.82) is 0 Å². The van der Waals surface area contributed by atoms with E-state index in [1.807, 2.05) is 4.90 Å². The van der Waals surface area contributed by atoms with Crippen LogP contribution in [0, 0.1) is 17.8 Å². The third-order valence-corrected chi connectivity index (χ3v) is 5.85. The molecule has 3 N–H and O–H groups in total. The van der Waals surface area contributed by atoms with Gasteiger partial charge < -0.3 is 16.0 Å². The van der Waals surface area contributed by atoms with Crippen LogP contribution in [-0.4, -0.2) is 42.4 Å². The van der Waals surface area contributed by atoms with Crippen molar-refractivity contribution >= 4 is 24.2 Å². The largest absolute Gasteiger partial charge is 0.357 e. The molecule has 0 aromatic carbocycles. The van der Waals surface area contributed by atoms with Gasteiger partial charge >= 0.3 is 0 Å². The lowest BCUT2D eigenvalue weighted by atomic mass is 9.65. The third-order valence-electron chi connectivity index (χ3n) is 5.85. The number of hydrogen-bond donors (Lipinski definition) is 2. The second kappa shape index (κ2) is 7.18. The molecule has 3 unspecified atom stereocenters. The van der Waals surface area contributed by atoms with Gasteiger partial charge in [-0.2, -0.15) is 0 Å². The van der Waals surface area contributed by atoms with E-state index in [0.29, 0.717) is 11.8 Å². The Morgan fingerprint density at radius 3 is 2.32 bits per heavy atom. The van der Waals surface area contributed by atoms with Crippen LogP contribution in [0.2, 0.25) is 0 Å². The maximum atomic E-state index is 12.9. The molecule has 3 aliphatic rings. The van der Waals surface area contributed by atoms with Crippen LogP contribution >= 0.6 is 12.4 Å². The number of nitrogens with one attached hydrogen (secondary N) is 1. The highest BCUT2D eigenvalue weighted by molar-refractivity contribution is 5.89. The number of carbonyl (C=O) groups excluding carboxylic acids is 2. The molecule has 0 spiro atoms. The average Bonchev–Trinajstić information content (AvgIpc) is 2.94. The molecule has 2 bridgehead atoms. The fourth-order valence-electron chi connectivity index (χ4n) is 4.69. The third kappa shape index (κ3) is 3.11. The van der Waals surface area contributed by atoms with Gasteiger partial charge in [-0.15, -0.1) is 12.4 Å². The van der Waals surface area contributed by atoms with E-state index in [2.05, 4.69) is 5.32 Å². The summed E-state index contributed by atoms with van der Waals surface area (Å²) in [6, 6.07) is 0.0362. The molecule has 126 valence electrons. The lowest BCUT2D eigenvalue weighted by molar-refractivity contribution is -0.143. The Morgan fingerprint density at radius 1 is 1.09 bits per heavy atom. The van der Waals surface area contributed by atoms with Crippen molar-refractivity contribution in [2.75, 3.05) is 13.6 Å². The van der Waals surface area contributed by atoms with Crippen LogP contribution in [0.5, 0.6) is 0 Å². The minimum Gasteiger partial charge on any atom is -0.357 e. The normalized spacial score (nSPS) is 37.4. The van der Waals surface area contributed by atoms with Gasteiger partial charge in [0, 0.05) is 25.6 Å². The first-order valence-corrected chi connectivity index (χ1v) is 8.39. The molecule has 2 amide bonds. The van der Waals surface area contributed by atoms with E-state index in [9.17, 15) is 9.59 Å². The Balaban J connectivity index is 0.00000176. The van der Waals surface area contributed by atoms with Gasteiger partial charge in [0.25, 0.3) is 0 Å². The highest BCUT2D eigenvalue weighted by Gasteiger charge is 2.44. The molecule has 6 heteroatoms. The summed E-state index contributed by atoms with van der Waals surface area (Å²) in [7, 11) is 1.65. The summed E-state index contributed by atoms with van der Waals surface area (Å²) < 4.78 is 0. The van der Waals surface area contributed by atoms with Crippen molar-refractivity contribution < 1.29 is 9.59 Å². The van der Waals surface area contributed by atoms with E-state index < -0.39 is 0 Å². The number of hydrogen-bond acceptors (Lipinski definition) is 3. The SMILES string of the molecule is CNC(=O)C1CCCN1C(=O)C1CC2CCCC(C1)C2N.Cl. The molecule has 1 aliphatic heterocycles. The van der Waals surface area contributed by atoms with E-state index in [4.69, 9.17) is 5.73 Å². The van der Waals surface area contributed by atoms with Crippen LogP contribution < -0.4 is 11.1 Å². The van der Waals surface area contributed by atoms with Crippen molar-refractivity contribution in [3.05, 3.63) is 0 Å². The van der Waals surface area contributed by atoms with Gasteiger partial charge in [-0.25, -0.2) is 0 Å². The van der Waals surface area contributed by atoms with Crippen LogP contribution in [0.1, 0.15) is 44.9 Å². The fraction of sp³-hybridized carbons (Fsp3) is 0.875. The summed E-state index contributed by atoms with van der Waals surface area (Å²) in [6.07, 6.45) is 7.17. The summed E-state index contributed by atoms with van der Waals surface area (Å²) in [6.45, 7) is 0.731. The number of carbonyl (C=O) groups is 2. The molecule has 0 radical (unpaired) electrons. The Labute approximate surface area is 138 Å². The van der Waals surface area contributed by atoms with Gasteiger partial charge in [-0.3, -0.25) is 9.59 Å². The van der Waals surface area contributed by atoms with Gasteiger partial charge in [0.2, 0.25) is 11.8 Å². The van der Waals surface area contributed by atoms with Crippen molar-refractivity contribution in [3.8, 4) is 0 Å². The lowest BCUT2D eigenvalue weighted by Gasteiger charge is -2.44. The first-order chi connectivity index (χ1) is 10.1. The Morgan fingerprint density at radius 2 is 1.73 bits per heavy atom. The predicted octanol–water partition coefficient (Wildman–Crippen LogP) is 1.30. The number of likely N-dealkylation sites (N-methyl/N-ethyl adjacent to an activating group) is 1. The maximum absolute atomic E-state index is 12.9. The summed E-state index contributed by atoms with van der Waals surface area (Å²) in [4.78, 5) is 26.6. The quantitative estimate of drug-likeness (QED) is 0.801. The number of fused-ring (bicyclic) bond motifs is 2.